The first-order valence-electron chi connectivity index (χ1n) is 5.38. The molecule has 20 heavy (non-hydrogen) atoms. The first-order valence-corrected chi connectivity index (χ1v) is 6.74. The lowest BCUT2D eigenvalue weighted by Crippen LogP contribution is -2.09. The Hall–Kier alpha value is -2.06. The van der Waals surface area contributed by atoms with Crippen LogP contribution in [0, 0.1) is 10.1 Å². The molecule has 0 aliphatic carbocycles. The normalized spacial score (nSPS) is 10.4. The van der Waals surface area contributed by atoms with E-state index in [1.54, 1.807) is 0 Å². The minimum Gasteiger partial charge on any atom is -0.383 e. The second-order valence-corrected chi connectivity index (χ2v) is 5.17. The number of non-ortho nitro benzene ring substituents is 1. The van der Waals surface area contributed by atoms with Crippen molar-refractivity contribution in [1.29, 1.82) is 0 Å². The third kappa shape index (κ3) is 3.49. The summed E-state index contributed by atoms with van der Waals surface area (Å²) in [5.74, 6) is 0.439. The van der Waals surface area contributed by atoms with Gasteiger partial charge in [-0.05, 0) is 11.6 Å². The van der Waals surface area contributed by atoms with Gasteiger partial charge in [-0.25, -0.2) is 4.98 Å². The van der Waals surface area contributed by atoms with E-state index in [0.717, 1.165) is 0 Å². The van der Waals surface area contributed by atoms with Crippen molar-refractivity contribution in [3.63, 3.8) is 0 Å². The van der Waals surface area contributed by atoms with Gasteiger partial charge in [0.05, 0.1) is 4.92 Å². The molecule has 0 aliphatic rings. The van der Waals surface area contributed by atoms with Crippen molar-refractivity contribution in [2.75, 3.05) is 5.73 Å². The first kappa shape index (κ1) is 14.4. The van der Waals surface area contributed by atoms with Crippen LogP contribution in [0.3, 0.4) is 0 Å². The maximum Gasteiger partial charge on any atom is 0.269 e. The third-order valence-electron chi connectivity index (χ3n) is 2.34. The predicted octanol–water partition coefficient (Wildman–Crippen LogP) is 2.21. The SMILES string of the molecule is Nc1cc(=O)[nH]c(SCc2cc([N+](=O)[O-])ccc2Cl)n1. The van der Waals surface area contributed by atoms with Crippen LogP contribution in [0.4, 0.5) is 11.5 Å². The molecule has 0 saturated heterocycles. The van der Waals surface area contributed by atoms with E-state index < -0.39 is 4.92 Å². The van der Waals surface area contributed by atoms with Crippen LogP contribution in [-0.4, -0.2) is 14.9 Å². The molecule has 0 atom stereocenters. The van der Waals surface area contributed by atoms with Gasteiger partial charge in [-0.2, -0.15) is 0 Å². The number of nitrogen functional groups attached to an aromatic ring is 1. The number of nitrogens with zero attached hydrogens (tertiary/aromatic N) is 2. The minimum atomic E-state index is -0.495. The molecule has 2 rings (SSSR count). The smallest absolute Gasteiger partial charge is 0.269 e. The Morgan fingerprint density at radius 1 is 1.45 bits per heavy atom. The number of aromatic nitrogens is 2. The summed E-state index contributed by atoms with van der Waals surface area (Å²) in [5.41, 5.74) is 5.64. The monoisotopic (exact) mass is 312 g/mol. The predicted molar refractivity (Wildman–Crippen MR) is 76.9 cm³/mol. The van der Waals surface area contributed by atoms with E-state index in [2.05, 4.69) is 9.97 Å². The molecule has 0 spiro atoms. The van der Waals surface area contributed by atoms with Crippen molar-refractivity contribution in [1.82, 2.24) is 9.97 Å². The fourth-order valence-corrected chi connectivity index (χ4v) is 2.59. The third-order valence-corrected chi connectivity index (χ3v) is 3.64. The number of hydrogen-bond donors (Lipinski definition) is 2. The second kappa shape index (κ2) is 5.93. The number of benzene rings is 1. The number of nitrogens with two attached hydrogens (primary N) is 1. The van der Waals surface area contributed by atoms with Crippen LogP contribution in [0.25, 0.3) is 0 Å². The summed E-state index contributed by atoms with van der Waals surface area (Å²) in [7, 11) is 0. The van der Waals surface area contributed by atoms with Gasteiger partial charge in [0.1, 0.15) is 5.82 Å². The molecule has 9 heteroatoms. The molecule has 7 nitrogen and oxygen atoms in total. The summed E-state index contributed by atoms with van der Waals surface area (Å²) in [6.07, 6.45) is 0. The Morgan fingerprint density at radius 3 is 2.85 bits per heavy atom. The van der Waals surface area contributed by atoms with Crippen molar-refractivity contribution in [3.8, 4) is 0 Å². The molecule has 1 aromatic carbocycles. The molecule has 2 aromatic rings. The average molecular weight is 313 g/mol. The number of nitrogens with one attached hydrogen (secondary N) is 1. The summed E-state index contributed by atoms with van der Waals surface area (Å²) in [4.78, 5) is 27.9. The lowest BCUT2D eigenvalue weighted by atomic mass is 10.2. The summed E-state index contributed by atoms with van der Waals surface area (Å²) in [6.45, 7) is 0. The zero-order chi connectivity index (χ0) is 14.7. The molecule has 0 fully saturated rings. The highest BCUT2D eigenvalue weighted by Crippen LogP contribution is 2.27. The van der Waals surface area contributed by atoms with Crippen LogP contribution in [0.1, 0.15) is 5.56 Å². The number of hydrogen-bond acceptors (Lipinski definition) is 6. The number of thioether (sulfide) groups is 1. The van der Waals surface area contributed by atoms with Crippen molar-refractivity contribution < 1.29 is 4.92 Å². The van der Waals surface area contributed by atoms with E-state index in [-0.39, 0.29) is 17.1 Å². The van der Waals surface area contributed by atoms with Gasteiger partial charge in [0.2, 0.25) is 0 Å². The standard InChI is InChI=1S/C11H9ClN4O3S/c12-8-2-1-7(16(18)19)3-6(8)5-20-11-14-9(13)4-10(17)15-11/h1-4H,5H2,(H3,13,14,15,17). The second-order valence-electron chi connectivity index (χ2n) is 3.80. The van der Waals surface area contributed by atoms with Gasteiger partial charge >= 0.3 is 0 Å². The van der Waals surface area contributed by atoms with Crippen LogP contribution in [0.15, 0.2) is 34.2 Å². The molecule has 0 amide bonds. The molecular formula is C11H9ClN4O3S. The fraction of sp³-hybridized carbons (Fsp3) is 0.0909. The Balaban J connectivity index is 2.20. The van der Waals surface area contributed by atoms with Gasteiger partial charge in [0.25, 0.3) is 11.2 Å². The molecule has 0 radical (unpaired) electrons. The van der Waals surface area contributed by atoms with E-state index >= 15 is 0 Å². The van der Waals surface area contributed by atoms with Gasteiger partial charge < -0.3 is 10.7 Å². The van der Waals surface area contributed by atoms with Crippen LogP contribution < -0.4 is 11.3 Å². The first-order chi connectivity index (χ1) is 9.45. The zero-order valence-electron chi connectivity index (χ0n) is 10.00. The van der Waals surface area contributed by atoms with E-state index in [1.165, 1.54) is 36.0 Å². The van der Waals surface area contributed by atoms with Crippen LogP contribution in [0.2, 0.25) is 5.02 Å². The topological polar surface area (TPSA) is 115 Å². The molecule has 0 bridgehead atoms. The van der Waals surface area contributed by atoms with E-state index in [9.17, 15) is 14.9 Å². The number of nitro benzene ring substituents is 1. The van der Waals surface area contributed by atoms with Crippen molar-refractivity contribution in [2.24, 2.45) is 0 Å². The van der Waals surface area contributed by atoms with Crippen LogP contribution in [0.5, 0.6) is 0 Å². The lowest BCUT2D eigenvalue weighted by molar-refractivity contribution is -0.384. The van der Waals surface area contributed by atoms with Crippen molar-refractivity contribution >= 4 is 34.9 Å². The van der Waals surface area contributed by atoms with Crippen LogP contribution >= 0.6 is 23.4 Å². The fourth-order valence-electron chi connectivity index (χ4n) is 1.45. The summed E-state index contributed by atoms with van der Waals surface area (Å²) >= 11 is 7.16. The van der Waals surface area contributed by atoms with E-state index in [0.29, 0.717) is 21.5 Å². The zero-order valence-corrected chi connectivity index (χ0v) is 11.6. The lowest BCUT2D eigenvalue weighted by Gasteiger charge is -2.04. The number of aromatic amines is 1. The highest BCUT2D eigenvalue weighted by Gasteiger charge is 2.10. The van der Waals surface area contributed by atoms with E-state index in [4.69, 9.17) is 17.3 Å². The molecule has 104 valence electrons. The molecule has 0 aliphatic heterocycles. The Kier molecular flexibility index (Phi) is 4.26. The largest absolute Gasteiger partial charge is 0.383 e. The highest BCUT2D eigenvalue weighted by atomic mass is 35.5. The Labute approximate surface area is 122 Å². The van der Waals surface area contributed by atoms with Gasteiger partial charge in [0, 0.05) is 29.0 Å². The minimum absolute atomic E-state index is 0.0426. The number of halogens is 1. The Morgan fingerprint density at radius 2 is 2.20 bits per heavy atom. The summed E-state index contributed by atoms with van der Waals surface area (Å²) in [5, 5.41) is 11.4. The number of nitro groups is 1. The summed E-state index contributed by atoms with van der Waals surface area (Å²) in [6, 6.07) is 5.35. The van der Waals surface area contributed by atoms with Gasteiger partial charge in [0.15, 0.2) is 5.16 Å². The molecular weight excluding hydrogens is 304 g/mol. The number of anilines is 1. The number of rotatable bonds is 4. The van der Waals surface area contributed by atoms with Crippen molar-refractivity contribution in [2.45, 2.75) is 10.9 Å². The molecule has 1 heterocycles. The van der Waals surface area contributed by atoms with E-state index in [1.807, 2.05) is 0 Å². The van der Waals surface area contributed by atoms with Gasteiger partial charge in [-0.1, -0.05) is 23.4 Å². The molecule has 1 aromatic heterocycles. The maximum atomic E-state index is 11.2. The average Bonchev–Trinajstić information content (AvgIpc) is 2.36. The molecule has 3 N–H and O–H groups in total. The quantitative estimate of drug-likeness (QED) is 0.387. The molecule has 0 saturated carbocycles. The summed E-state index contributed by atoms with van der Waals surface area (Å²) < 4.78 is 0. The molecule has 0 unspecified atom stereocenters. The van der Waals surface area contributed by atoms with Crippen LogP contribution in [-0.2, 0) is 5.75 Å². The van der Waals surface area contributed by atoms with Crippen molar-refractivity contribution in [3.05, 3.63) is 55.3 Å². The van der Waals surface area contributed by atoms with Gasteiger partial charge in [-0.3, -0.25) is 14.9 Å². The number of H-pyrrole nitrogens is 1. The van der Waals surface area contributed by atoms with Gasteiger partial charge in [-0.15, -0.1) is 0 Å². The Bertz CT molecular complexity index is 719. The maximum absolute atomic E-state index is 11.2. The highest BCUT2D eigenvalue weighted by molar-refractivity contribution is 7.98.